The van der Waals surface area contributed by atoms with Crippen molar-refractivity contribution in [3.05, 3.63) is 36.0 Å². The minimum atomic E-state index is -0.451. The van der Waals surface area contributed by atoms with Crippen LogP contribution in [0.25, 0.3) is 0 Å². The van der Waals surface area contributed by atoms with Crippen molar-refractivity contribution in [3.63, 3.8) is 0 Å². The zero-order valence-corrected chi connectivity index (χ0v) is 17.7. The maximum Gasteiger partial charge on any atom is 0.229 e. The highest BCUT2D eigenvalue weighted by atomic mass is 19.1. The van der Waals surface area contributed by atoms with E-state index < -0.39 is 5.82 Å². The van der Waals surface area contributed by atoms with Crippen LogP contribution in [-0.4, -0.2) is 51.7 Å². The summed E-state index contributed by atoms with van der Waals surface area (Å²) in [6.45, 7) is 5.57. The number of hydrogen-bond donors (Lipinski definition) is 3. The van der Waals surface area contributed by atoms with Crippen LogP contribution in [0, 0.1) is 23.1 Å². The van der Waals surface area contributed by atoms with Gasteiger partial charge in [0.1, 0.15) is 0 Å². The van der Waals surface area contributed by atoms with E-state index in [1.165, 1.54) is 6.20 Å². The Morgan fingerprint density at radius 3 is 2.81 bits per heavy atom. The van der Waals surface area contributed by atoms with Crippen LogP contribution in [0.4, 0.5) is 21.8 Å². The normalized spacial score (nSPS) is 28.6. The molecule has 9 heteroatoms. The van der Waals surface area contributed by atoms with E-state index >= 15 is 0 Å². The SMILES string of the molecule is C[C@@H]1[C@H]2CN(c3nc(Nc4ccc([C@@H](C)CO)nc4)ncc3F)C[C@]12C1(NC=O)CC1. The number of halogens is 1. The average molecular weight is 426 g/mol. The van der Waals surface area contributed by atoms with E-state index in [9.17, 15) is 14.3 Å². The molecule has 0 radical (unpaired) electrons. The molecule has 0 spiro atoms. The minimum absolute atomic E-state index is 0.00203. The summed E-state index contributed by atoms with van der Waals surface area (Å²) >= 11 is 0. The third-order valence-electron chi connectivity index (χ3n) is 7.66. The number of aliphatic hydroxyl groups excluding tert-OH is 1. The Kier molecular flexibility index (Phi) is 4.62. The summed E-state index contributed by atoms with van der Waals surface area (Å²) in [5.74, 6) is 1.04. The second-order valence-corrected chi connectivity index (χ2v) is 9.21. The van der Waals surface area contributed by atoms with Gasteiger partial charge in [0.05, 0.1) is 24.7 Å². The third kappa shape index (κ3) is 3.05. The fourth-order valence-corrected chi connectivity index (χ4v) is 5.65. The quantitative estimate of drug-likeness (QED) is 0.556. The summed E-state index contributed by atoms with van der Waals surface area (Å²) in [5.41, 5.74) is 1.34. The Morgan fingerprint density at radius 1 is 1.35 bits per heavy atom. The molecule has 2 aromatic heterocycles. The lowest BCUT2D eigenvalue weighted by Gasteiger charge is -2.30. The molecule has 1 saturated heterocycles. The predicted octanol–water partition coefficient (Wildman–Crippen LogP) is 2.20. The van der Waals surface area contributed by atoms with Gasteiger partial charge < -0.3 is 20.6 Å². The summed E-state index contributed by atoms with van der Waals surface area (Å²) in [5, 5.41) is 15.4. The van der Waals surface area contributed by atoms with E-state index in [1.807, 2.05) is 24.0 Å². The highest BCUT2D eigenvalue weighted by Crippen LogP contribution is 2.74. The van der Waals surface area contributed by atoms with Gasteiger partial charge in [-0.2, -0.15) is 4.98 Å². The number of carbonyl (C=O) groups excluding carboxylic acids is 1. The van der Waals surface area contributed by atoms with Crippen molar-refractivity contribution in [3.8, 4) is 0 Å². The Morgan fingerprint density at radius 2 is 2.16 bits per heavy atom. The van der Waals surface area contributed by atoms with Crippen LogP contribution in [-0.2, 0) is 4.79 Å². The molecule has 5 rings (SSSR count). The smallest absolute Gasteiger partial charge is 0.229 e. The fourth-order valence-electron chi connectivity index (χ4n) is 5.65. The van der Waals surface area contributed by atoms with Gasteiger partial charge in [0.2, 0.25) is 12.4 Å². The molecule has 4 atom stereocenters. The van der Waals surface area contributed by atoms with Crippen LogP contribution >= 0.6 is 0 Å². The number of rotatable bonds is 8. The number of aromatic nitrogens is 3. The summed E-state index contributed by atoms with van der Waals surface area (Å²) in [6.07, 6.45) is 5.61. The molecule has 2 saturated carbocycles. The number of nitrogens with one attached hydrogen (secondary N) is 2. The first-order valence-electron chi connectivity index (χ1n) is 10.8. The van der Waals surface area contributed by atoms with Crippen molar-refractivity contribution in [2.24, 2.45) is 17.3 Å². The van der Waals surface area contributed by atoms with Crippen LogP contribution in [0.1, 0.15) is 38.3 Å². The number of pyridine rings is 1. The summed E-state index contributed by atoms with van der Waals surface area (Å²) < 4.78 is 14.7. The minimum Gasteiger partial charge on any atom is -0.396 e. The predicted molar refractivity (Wildman–Crippen MR) is 113 cm³/mol. The van der Waals surface area contributed by atoms with Crippen LogP contribution in [0.5, 0.6) is 0 Å². The standard InChI is InChI=1S/C22H27FN6O2/c1-13(10-30)18-4-3-15(7-24-18)27-20-25-8-17(23)19(28-20)29-9-16-14(2)22(16,11-29)21(5-6-21)26-12-31/h3-4,7-8,12-14,16,30H,5-6,9-11H2,1-2H3,(H,26,31)(H,25,27,28)/t13-,14+,16+,22-/m0/s1. The maximum atomic E-state index is 14.7. The van der Waals surface area contributed by atoms with Crippen molar-refractivity contribution in [2.45, 2.75) is 38.1 Å². The molecule has 3 heterocycles. The molecule has 3 N–H and O–H groups in total. The van der Waals surface area contributed by atoms with Gasteiger partial charge in [-0.25, -0.2) is 9.37 Å². The van der Waals surface area contributed by atoms with E-state index in [4.69, 9.17) is 0 Å². The molecule has 3 fully saturated rings. The second-order valence-electron chi connectivity index (χ2n) is 9.21. The van der Waals surface area contributed by atoms with E-state index in [-0.39, 0.29) is 29.3 Å². The number of anilines is 3. The monoisotopic (exact) mass is 426 g/mol. The van der Waals surface area contributed by atoms with Crippen LogP contribution in [0.2, 0.25) is 0 Å². The van der Waals surface area contributed by atoms with E-state index in [0.29, 0.717) is 30.0 Å². The van der Waals surface area contributed by atoms with Gasteiger partial charge in [0, 0.05) is 35.7 Å². The Bertz CT molecular complexity index is 998. The Labute approximate surface area is 180 Å². The van der Waals surface area contributed by atoms with Gasteiger partial charge >= 0.3 is 0 Å². The van der Waals surface area contributed by atoms with Crippen LogP contribution in [0.15, 0.2) is 24.5 Å². The third-order valence-corrected chi connectivity index (χ3v) is 7.66. The first-order chi connectivity index (χ1) is 14.9. The fraction of sp³-hybridized carbons (Fsp3) is 0.545. The van der Waals surface area contributed by atoms with E-state index in [2.05, 4.69) is 32.5 Å². The van der Waals surface area contributed by atoms with Crippen LogP contribution < -0.4 is 15.5 Å². The topological polar surface area (TPSA) is 103 Å². The number of carbonyl (C=O) groups is 1. The highest BCUT2D eigenvalue weighted by Gasteiger charge is 2.78. The van der Waals surface area contributed by atoms with E-state index in [1.54, 1.807) is 6.20 Å². The highest BCUT2D eigenvalue weighted by molar-refractivity contribution is 5.57. The van der Waals surface area contributed by atoms with Gasteiger partial charge in [0.15, 0.2) is 11.6 Å². The number of nitrogens with zero attached hydrogens (tertiary/aromatic N) is 4. The molecule has 0 aromatic carbocycles. The summed E-state index contributed by atoms with van der Waals surface area (Å²) in [7, 11) is 0. The number of fused-ring (bicyclic) bond motifs is 1. The molecular formula is C22H27FN6O2. The van der Waals surface area contributed by atoms with Gasteiger partial charge in [-0.3, -0.25) is 9.78 Å². The molecule has 1 amide bonds. The molecule has 0 unspecified atom stereocenters. The second kappa shape index (κ2) is 7.12. The summed E-state index contributed by atoms with van der Waals surface area (Å²) in [4.78, 5) is 26.0. The number of aliphatic hydroxyl groups is 1. The molecule has 8 nitrogen and oxygen atoms in total. The van der Waals surface area contributed by atoms with Gasteiger partial charge in [-0.05, 0) is 36.8 Å². The van der Waals surface area contributed by atoms with Crippen LogP contribution in [0.3, 0.4) is 0 Å². The lowest BCUT2D eigenvalue weighted by atomic mass is 9.90. The molecule has 2 aromatic rings. The van der Waals surface area contributed by atoms with Crippen molar-refractivity contribution in [2.75, 3.05) is 29.9 Å². The van der Waals surface area contributed by atoms with Crippen molar-refractivity contribution in [1.29, 1.82) is 0 Å². The largest absolute Gasteiger partial charge is 0.396 e. The Balaban J connectivity index is 1.34. The number of hydrogen-bond acceptors (Lipinski definition) is 7. The molecule has 31 heavy (non-hydrogen) atoms. The van der Waals surface area contributed by atoms with Gasteiger partial charge in [-0.15, -0.1) is 0 Å². The molecule has 1 aliphatic heterocycles. The Hall–Kier alpha value is -2.81. The van der Waals surface area contributed by atoms with Gasteiger partial charge in [0.25, 0.3) is 0 Å². The van der Waals surface area contributed by atoms with E-state index in [0.717, 1.165) is 31.5 Å². The lowest BCUT2D eigenvalue weighted by molar-refractivity contribution is -0.110. The maximum absolute atomic E-state index is 14.7. The lowest BCUT2D eigenvalue weighted by Crippen LogP contribution is -2.44. The van der Waals surface area contributed by atoms with Crippen molar-refractivity contribution in [1.82, 2.24) is 20.3 Å². The zero-order valence-electron chi connectivity index (χ0n) is 17.7. The first-order valence-corrected chi connectivity index (χ1v) is 10.8. The van der Waals surface area contributed by atoms with Gasteiger partial charge in [-0.1, -0.05) is 13.8 Å². The molecule has 3 aliphatic rings. The zero-order chi connectivity index (χ0) is 21.8. The average Bonchev–Trinajstić information content (AvgIpc) is 3.62. The number of amides is 1. The number of piperidine rings is 1. The van der Waals surface area contributed by atoms with Crippen molar-refractivity contribution >= 4 is 23.9 Å². The van der Waals surface area contributed by atoms with Crippen molar-refractivity contribution < 1.29 is 14.3 Å². The molecular weight excluding hydrogens is 399 g/mol. The molecule has 164 valence electrons. The summed E-state index contributed by atoms with van der Waals surface area (Å²) in [6, 6.07) is 3.67. The first kappa shape index (κ1) is 20.1. The molecule has 2 aliphatic carbocycles. The molecule has 0 bridgehead atoms.